The van der Waals surface area contributed by atoms with Gasteiger partial charge in [0.05, 0.1) is 18.8 Å². The molecule has 0 amide bonds. The quantitative estimate of drug-likeness (QED) is 0.661. The Morgan fingerprint density at radius 2 is 1.93 bits per heavy atom. The van der Waals surface area contributed by atoms with Crippen LogP contribution in [0, 0.1) is 0 Å². The van der Waals surface area contributed by atoms with Crippen LogP contribution in [0.4, 0.5) is 0 Å². The lowest BCUT2D eigenvalue weighted by molar-refractivity contribution is -0.0789. The average molecular weight is 396 g/mol. The Morgan fingerprint density at radius 3 is 2.76 bits per heavy atom. The molecule has 4 rings (SSSR count). The second-order valence-electron chi connectivity index (χ2n) is 8.35. The topological polar surface area (TPSA) is 60.6 Å². The molecular weight excluding hydrogens is 362 g/mol. The molecule has 1 aromatic carbocycles. The number of hydrogen-bond donors (Lipinski definition) is 1. The summed E-state index contributed by atoms with van der Waals surface area (Å²) in [7, 11) is 0. The van der Waals surface area contributed by atoms with Crippen molar-refractivity contribution in [2.75, 3.05) is 32.8 Å². The Bertz CT molecular complexity index is 760. The maximum absolute atomic E-state index is 6.26. The fourth-order valence-electron chi connectivity index (χ4n) is 4.56. The second-order valence-corrected chi connectivity index (χ2v) is 8.35. The lowest BCUT2D eigenvalue weighted by atomic mass is 9.84. The number of hydrogen-bond acceptors (Lipinski definition) is 5. The molecule has 3 heterocycles. The smallest absolute Gasteiger partial charge is 0.0963 e. The number of rotatable bonds is 9. The van der Waals surface area contributed by atoms with Gasteiger partial charge in [0.2, 0.25) is 0 Å². The first kappa shape index (κ1) is 20.5. The highest BCUT2D eigenvalue weighted by Gasteiger charge is 2.42. The SMILES string of the molecule is NC(COCCCCN1CCC2(CC1)OCc1ccccc12)Cc1ccccn1. The molecule has 156 valence electrons. The molecule has 1 saturated heterocycles. The summed E-state index contributed by atoms with van der Waals surface area (Å²) in [5.41, 5.74) is 9.94. The fourth-order valence-corrected chi connectivity index (χ4v) is 4.56. The number of benzene rings is 1. The Morgan fingerprint density at radius 1 is 1.10 bits per heavy atom. The van der Waals surface area contributed by atoms with Crippen molar-refractivity contribution in [3.05, 3.63) is 65.5 Å². The Hall–Kier alpha value is -1.79. The molecule has 1 fully saturated rings. The molecule has 1 unspecified atom stereocenters. The van der Waals surface area contributed by atoms with Crippen molar-refractivity contribution in [2.24, 2.45) is 5.73 Å². The molecule has 1 spiro atoms. The van der Waals surface area contributed by atoms with Crippen molar-refractivity contribution in [3.8, 4) is 0 Å². The molecule has 2 N–H and O–H groups in total. The minimum absolute atomic E-state index is 0.0115. The van der Waals surface area contributed by atoms with E-state index in [0.29, 0.717) is 6.61 Å². The predicted molar refractivity (Wildman–Crippen MR) is 115 cm³/mol. The number of nitrogens with two attached hydrogens (primary N) is 1. The van der Waals surface area contributed by atoms with Gasteiger partial charge in [-0.2, -0.15) is 0 Å². The zero-order valence-corrected chi connectivity index (χ0v) is 17.3. The number of ether oxygens (including phenoxy) is 2. The van der Waals surface area contributed by atoms with Crippen molar-refractivity contribution in [1.82, 2.24) is 9.88 Å². The molecule has 5 heteroatoms. The Kier molecular flexibility index (Phi) is 6.93. The number of likely N-dealkylation sites (tertiary alicyclic amines) is 1. The van der Waals surface area contributed by atoms with E-state index in [-0.39, 0.29) is 11.6 Å². The van der Waals surface area contributed by atoms with Crippen molar-refractivity contribution >= 4 is 0 Å². The molecule has 2 aliphatic heterocycles. The number of unbranched alkanes of at least 4 members (excludes halogenated alkanes) is 1. The molecule has 0 radical (unpaired) electrons. The van der Waals surface area contributed by atoms with Crippen LogP contribution in [0.25, 0.3) is 0 Å². The molecule has 29 heavy (non-hydrogen) atoms. The summed E-state index contributed by atoms with van der Waals surface area (Å²) in [5.74, 6) is 0. The number of aromatic nitrogens is 1. The summed E-state index contributed by atoms with van der Waals surface area (Å²) in [4.78, 5) is 6.89. The number of fused-ring (bicyclic) bond motifs is 2. The summed E-state index contributed by atoms with van der Waals surface area (Å²) in [5, 5.41) is 0. The fraction of sp³-hybridized carbons (Fsp3) is 0.542. The maximum atomic E-state index is 6.26. The number of nitrogens with zero attached hydrogens (tertiary/aromatic N) is 2. The average Bonchev–Trinajstić information content (AvgIpc) is 3.11. The minimum atomic E-state index is -0.0278. The van der Waals surface area contributed by atoms with Gasteiger partial charge in [-0.15, -0.1) is 0 Å². The first-order valence-electron chi connectivity index (χ1n) is 10.9. The van der Waals surface area contributed by atoms with Crippen LogP contribution < -0.4 is 5.73 Å². The van der Waals surface area contributed by atoms with Crippen LogP contribution in [-0.2, 0) is 28.1 Å². The summed E-state index contributed by atoms with van der Waals surface area (Å²) >= 11 is 0. The van der Waals surface area contributed by atoms with E-state index in [4.69, 9.17) is 15.2 Å². The summed E-state index contributed by atoms with van der Waals surface area (Å²) in [6.45, 7) is 5.52. The van der Waals surface area contributed by atoms with E-state index in [1.807, 2.05) is 24.4 Å². The number of pyridine rings is 1. The largest absolute Gasteiger partial charge is 0.380 e. The molecule has 0 bridgehead atoms. The van der Waals surface area contributed by atoms with E-state index in [1.54, 1.807) is 0 Å². The van der Waals surface area contributed by atoms with E-state index < -0.39 is 0 Å². The maximum Gasteiger partial charge on any atom is 0.0963 e. The van der Waals surface area contributed by atoms with E-state index in [9.17, 15) is 0 Å². The van der Waals surface area contributed by atoms with E-state index >= 15 is 0 Å². The van der Waals surface area contributed by atoms with Gasteiger partial charge in [0, 0.05) is 44.0 Å². The van der Waals surface area contributed by atoms with Crippen molar-refractivity contribution in [2.45, 2.75) is 50.4 Å². The van der Waals surface area contributed by atoms with Crippen LogP contribution in [-0.4, -0.2) is 48.8 Å². The van der Waals surface area contributed by atoms with E-state index in [0.717, 1.165) is 64.2 Å². The van der Waals surface area contributed by atoms with E-state index in [1.165, 1.54) is 17.5 Å². The van der Waals surface area contributed by atoms with Gasteiger partial charge in [0.25, 0.3) is 0 Å². The third-order valence-electron chi connectivity index (χ3n) is 6.22. The lowest BCUT2D eigenvalue weighted by Crippen LogP contribution is -2.42. The molecule has 0 aliphatic carbocycles. The van der Waals surface area contributed by atoms with E-state index in [2.05, 4.69) is 34.1 Å². The van der Waals surface area contributed by atoms with Crippen LogP contribution in [0.3, 0.4) is 0 Å². The van der Waals surface area contributed by atoms with Crippen LogP contribution in [0.1, 0.15) is 42.5 Å². The molecule has 2 aromatic rings. The summed E-state index contributed by atoms with van der Waals surface area (Å²) in [6.07, 6.45) is 7.02. The van der Waals surface area contributed by atoms with Crippen LogP contribution in [0.5, 0.6) is 0 Å². The third-order valence-corrected chi connectivity index (χ3v) is 6.22. The van der Waals surface area contributed by atoms with Gasteiger partial charge in [-0.05, 0) is 55.5 Å². The summed E-state index contributed by atoms with van der Waals surface area (Å²) < 4.78 is 12.0. The number of piperidine rings is 1. The first-order valence-corrected chi connectivity index (χ1v) is 10.9. The zero-order valence-electron chi connectivity index (χ0n) is 17.3. The normalized spacial score (nSPS) is 19.3. The van der Waals surface area contributed by atoms with Crippen LogP contribution >= 0.6 is 0 Å². The monoisotopic (exact) mass is 395 g/mol. The van der Waals surface area contributed by atoms with Gasteiger partial charge < -0.3 is 20.1 Å². The van der Waals surface area contributed by atoms with Gasteiger partial charge in [0.1, 0.15) is 0 Å². The lowest BCUT2D eigenvalue weighted by Gasteiger charge is -2.39. The zero-order chi connectivity index (χ0) is 19.9. The molecular formula is C24H33N3O2. The van der Waals surface area contributed by atoms with Gasteiger partial charge in [-0.1, -0.05) is 30.3 Å². The van der Waals surface area contributed by atoms with Gasteiger partial charge in [-0.25, -0.2) is 0 Å². The third kappa shape index (κ3) is 5.23. The molecule has 1 atom stereocenters. The van der Waals surface area contributed by atoms with Crippen molar-refractivity contribution in [1.29, 1.82) is 0 Å². The first-order chi connectivity index (χ1) is 14.3. The Labute approximate surface area is 174 Å². The minimum Gasteiger partial charge on any atom is -0.380 e. The van der Waals surface area contributed by atoms with Gasteiger partial charge >= 0.3 is 0 Å². The van der Waals surface area contributed by atoms with Gasteiger partial charge in [0.15, 0.2) is 0 Å². The highest BCUT2D eigenvalue weighted by molar-refractivity contribution is 5.35. The molecule has 1 aromatic heterocycles. The highest BCUT2D eigenvalue weighted by atomic mass is 16.5. The predicted octanol–water partition coefficient (Wildman–Crippen LogP) is 3.27. The Balaban J connectivity index is 1.09. The molecule has 0 saturated carbocycles. The van der Waals surface area contributed by atoms with Crippen LogP contribution in [0.2, 0.25) is 0 Å². The molecule has 5 nitrogen and oxygen atoms in total. The molecule has 2 aliphatic rings. The highest BCUT2D eigenvalue weighted by Crippen LogP contribution is 2.43. The standard InChI is InChI=1S/C24H33N3O2/c25-21(17-22-8-3-4-12-26-22)19-28-16-6-5-13-27-14-10-24(11-15-27)23-9-2-1-7-20(23)18-29-24/h1-4,7-9,12,21H,5-6,10-11,13-19,25H2. The van der Waals surface area contributed by atoms with Crippen molar-refractivity contribution in [3.63, 3.8) is 0 Å². The second kappa shape index (κ2) is 9.81. The summed E-state index contributed by atoms with van der Waals surface area (Å²) in [6, 6.07) is 14.7. The van der Waals surface area contributed by atoms with Crippen molar-refractivity contribution < 1.29 is 9.47 Å². The van der Waals surface area contributed by atoms with Gasteiger partial charge in [-0.3, -0.25) is 4.98 Å². The van der Waals surface area contributed by atoms with Crippen LogP contribution in [0.15, 0.2) is 48.7 Å².